The maximum atomic E-state index is 12.1. The van der Waals surface area contributed by atoms with Crippen LogP contribution in [0, 0.1) is 12.3 Å². The van der Waals surface area contributed by atoms with Gasteiger partial charge in [-0.1, -0.05) is 6.92 Å². The molecule has 19 heavy (non-hydrogen) atoms. The molecule has 1 amide bonds. The normalized spacial score (nSPS) is 18.3. The summed E-state index contributed by atoms with van der Waals surface area (Å²) < 4.78 is 0. The molecule has 0 atom stereocenters. The van der Waals surface area contributed by atoms with E-state index in [1.807, 2.05) is 6.92 Å². The number of carbonyl (C=O) groups excluding carboxylic acids is 1. The number of nitrogens with zero attached hydrogens (tertiary/aromatic N) is 3. The van der Waals surface area contributed by atoms with Crippen molar-refractivity contribution in [2.45, 2.75) is 33.1 Å². The number of aromatic nitrogens is 3. The highest BCUT2D eigenvalue weighted by molar-refractivity contribution is 5.90. The number of likely N-dealkylation sites (tertiary alicyclic amines) is 1. The Bertz CT molecular complexity index is 489. The molecule has 1 saturated heterocycles. The number of aliphatic carboxylic acids is 1. The molecule has 2 N–H and O–H groups in total. The van der Waals surface area contributed by atoms with Crippen LogP contribution >= 0.6 is 0 Å². The van der Waals surface area contributed by atoms with Crippen molar-refractivity contribution in [1.82, 2.24) is 20.1 Å². The van der Waals surface area contributed by atoms with Gasteiger partial charge in [0.25, 0.3) is 5.91 Å². The van der Waals surface area contributed by atoms with Crippen molar-refractivity contribution in [2.75, 3.05) is 13.1 Å². The SMILES string of the molecule is CCC1(C(=O)O)CCN(C(=O)c2n[nH]c(C)n2)CC1. The predicted octanol–water partition coefficient (Wildman–Crippen LogP) is 0.830. The van der Waals surface area contributed by atoms with Gasteiger partial charge in [-0.3, -0.25) is 14.7 Å². The minimum atomic E-state index is -0.768. The molecule has 7 nitrogen and oxygen atoms in total. The van der Waals surface area contributed by atoms with E-state index in [9.17, 15) is 14.7 Å². The highest BCUT2D eigenvalue weighted by Gasteiger charge is 2.41. The van der Waals surface area contributed by atoms with E-state index in [2.05, 4.69) is 15.2 Å². The number of aromatic amines is 1. The van der Waals surface area contributed by atoms with Gasteiger partial charge in [-0.25, -0.2) is 4.98 Å². The van der Waals surface area contributed by atoms with Crippen molar-refractivity contribution in [3.8, 4) is 0 Å². The molecular weight excluding hydrogens is 248 g/mol. The third-order valence-electron chi connectivity index (χ3n) is 3.93. The average molecular weight is 266 g/mol. The first-order valence-corrected chi connectivity index (χ1v) is 6.40. The average Bonchev–Trinajstić information content (AvgIpc) is 2.84. The lowest BCUT2D eigenvalue weighted by molar-refractivity contribution is -0.152. The number of rotatable bonds is 3. The van der Waals surface area contributed by atoms with E-state index in [0.29, 0.717) is 38.2 Å². The molecule has 0 unspecified atom stereocenters. The summed E-state index contributed by atoms with van der Waals surface area (Å²) in [5, 5.41) is 15.8. The van der Waals surface area contributed by atoms with Crippen LogP contribution in [0.5, 0.6) is 0 Å². The number of carboxylic acid groups (broad SMARTS) is 1. The van der Waals surface area contributed by atoms with Crippen LogP contribution in [0.2, 0.25) is 0 Å². The maximum Gasteiger partial charge on any atom is 0.309 e. The minimum absolute atomic E-state index is 0.150. The lowest BCUT2D eigenvalue weighted by Crippen LogP contribution is -2.46. The third kappa shape index (κ3) is 2.45. The lowest BCUT2D eigenvalue weighted by atomic mass is 9.76. The van der Waals surface area contributed by atoms with Crippen molar-refractivity contribution >= 4 is 11.9 Å². The van der Waals surface area contributed by atoms with Crippen molar-refractivity contribution in [2.24, 2.45) is 5.41 Å². The summed E-state index contributed by atoms with van der Waals surface area (Å²) in [6, 6.07) is 0. The zero-order valence-corrected chi connectivity index (χ0v) is 11.1. The Morgan fingerprint density at radius 2 is 2.05 bits per heavy atom. The first kappa shape index (κ1) is 13.5. The fourth-order valence-corrected chi connectivity index (χ4v) is 2.44. The Morgan fingerprint density at radius 3 is 2.47 bits per heavy atom. The Morgan fingerprint density at radius 1 is 1.42 bits per heavy atom. The number of carbonyl (C=O) groups is 2. The summed E-state index contributed by atoms with van der Waals surface area (Å²) in [6.07, 6.45) is 1.55. The second-order valence-corrected chi connectivity index (χ2v) is 4.98. The summed E-state index contributed by atoms with van der Waals surface area (Å²) in [4.78, 5) is 29.1. The van der Waals surface area contributed by atoms with Gasteiger partial charge < -0.3 is 10.0 Å². The van der Waals surface area contributed by atoms with E-state index in [0.717, 1.165) is 0 Å². The topological polar surface area (TPSA) is 99.2 Å². The van der Waals surface area contributed by atoms with Crippen LogP contribution < -0.4 is 0 Å². The van der Waals surface area contributed by atoms with Gasteiger partial charge >= 0.3 is 5.97 Å². The van der Waals surface area contributed by atoms with Gasteiger partial charge in [0.05, 0.1) is 5.41 Å². The van der Waals surface area contributed by atoms with Crippen LogP contribution in [0.15, 0.2) is 0 Å². The highest BCUT2D eigenvalue weighted by atomic mass is 16.4. The molecule has 0 aliphatic carbocycles. The Hall–Kier alpha value is -1.92. The fourth-order valence-electron chi connectivity index (χ4n) is 2.44. The van der Waals surface area contributed by atoms with Crippen molar-refractivity contribution in [3.63, 3.8) is 0 Å². The molecule has 0 radical (unpaired) electrons. The van der Waals surface area contributed by atoms with E-state index in [4.69, 9.17) is 0 Å². The van der Waals surface area contributed by atoms with E-state index in [1.165, 1.54) is 0 Å². The molecule has 0 aromatic carbocycles. The van der Waals surface area contributed by atoms with Gasteiger partial charge in [-0.2, -0.15) is 0 Å². The molecule has 2 heterocycles. The first-order chi connectivity index (χ1) is 8.98. The number of H-pyrrole nitrogens is 1. The van der Waals surface area contributed by atoms with Gasteiger partial charge in [-0.15, -0.1) is 5.10 Å². The minimum Gasteiger partial charge on any atom is -0.481 e. The van der Waals surface area contributed by atoms with Crippen molar-refractivity contribution in [3.05, 3.63) is 11.6 Å². The van der Waals surface area contributed by atoms with E-state index >= 15 is 0 Å². The van der Waals surface area contributed by atoms with Crippen LogP contribution in [0.4, 0.5) is 0 Å². The monoisotopic (exact) mass is 266 g/mol. The number of nitrogens with one attached hydrogen (secondary N) is 1. The number of amides is 1. The zero-order chi connectivity index (χ0) is 14.0. The quantitative estimate of drug-likeness (QED) is 0.844. The predicted molar refractivity (Wildman–Crippen MR) is 66.6 cm³/mol. The lowest BCUT2D eigenvalue weighted by Gasteiger charge is -2.37. The molecule has 104 valence electrons. The van der Waals surface area contributed by atoms with Gasteiger partial charge in [0.2, 0.25) is 5.82 Å². The van der Waals surface area contributed by atoms with Crippen LogP contribution in [0.1, 0.15) is 42.6 Å². The van der Waals surface area contributed by atoms with Gasteiger partial charge in [0, 0.05) is 13.1 Å². The van der Waals surface area contributed by atoms with Crippen LogP contribution in [0.3, 0.4) is 0 Å². The highest BCUT2D eigenvalue weighted by Crippen LogP contribution is 2.35. The van der Waals surface area contributed by atoms with Crippen LogP contribution in [0.25, 0.3) is 0 Å². The fraction of sp³-hybridized carbons (Fsp3) is 0.667. The smallest absolute Gasteiger partial charge is 0.309 e. The molecule has 0 saturated carbocycles. The van der Waals surface area contributed by atoms with E-state index in [-0.39, 0.29) is 11.7 Å². The number of carboxylic acids is 1. The summed E-state index contributed by atoms with van der Waals surface area (Å²) in [6.45, 7) is 4.48. The molecule has 1 aromatic heterocycles. The molecule has 0 bridgehead atoms. The number of hydrogen-bond acceptors (Lipinski definition) is 4. The van der Waals surface area contributed by atoms with Gasteiger partial charge in [-0.05, 0) is 26.2 Å². The van der Waals surface area contributed by atoms with Crippen molar-refractivity contribution < 1.29 is 14.7 Å². The molecule has 1 aromatic rings. The summed E-state index contributed by atoms with van der Waals surface area (Å²) in [7, 11) is 0. The Balaban J connectivity index is 2.04. The maximum absolute atomic E-state index is 12.1. The Kier molecular flexibility index (Phi) is 3.55. The molecule has 7 heteroatoms. The van der Waals surface area contributed by atoms with Crippen molar-refractivity contribution in [1.29, 1.82) is 0 Å². The van der Waals surface area contributed by atoms with Gasteiger partial charge in [0.15, 0.2) is 0 Å². The Labute approximate surface area is 111 Å². The first-order valence-electron chi connectivity index (χ1n) is 6.40. The molecule has 1 fully saturated rings. The summed E-state index contributed by atoms with van der Waals surface area (Å²) in [5.41, 5.74) is -0.689. The number of hydrogen-bond donors (Lipinski definition) is 2. The molecule has 2 rings (SSSR count). The molecule has 0 spiro atoms. The molecular formula is C12H18N4O3. The second-order valence-electron chi connectivity index (χ2n) is 4.98. The third-order valence-corrected chi connectivity index (χ3v) is 3.93. The van der Waals surface area contributed by atoms with E-state index in [1.54, 1.807) is 11.8 Å². The number of piperidine rings is 1. The molecule has 1 aliphatic rings. The number of aryl methyl sites for hydroxylation is 1. The molecule has 1 aliphatic heterocycles. The largest absolute Gasteiger partial charge is 0.481 e. The van der Waals surface area contributed by atoms with E-state index < -0.39 is 11.4 Å². The zero-order valence-electron chi connectivity index (χ0n) is 11.1. The standard InChI is InChI=1S/C12H18N4O3/c1-3-12(11(18)19)4-6-16(7-5-12)10(17)9-13-8(2)14-15-9/h3-7H2,1-2H3,(H,18,19)(H,13,14,15). The van der Waals surface area contributed by atoms with Gasteiger partial charge in [0.1, 0.15) is 5.82 Å². The summed E-state index contributed by atoms with van der Waals surface area (Å²) >= 11 is 0. The second kappa shape index (κ2) is 4.99. The van der Waals surface area contributed by atoms with Crippen LogP contribution in [-0.2, 0) is 4.79 Å². The van der Waals surface area contributed by atoms with Crippen LogP contribution in [-0.4, -0.2) is 50.2 Å². The summed E-state index contributed by atoms with van der Waals surface area (Å²) in [5.74, 6) is -0.263.